The number of benzene rings is 2. The van der Waals surface area contributed by atoms with Crippen molar-refractivity contribution in [2.24, 2.45) is 5.92 Å². The van der Waals surface area contributed by atoms with Crippen LogP contribution in [0.5, 0.6) is 0 Å². The Labute approximate surface area is 204 Å². The fourth-order valence-corrected chi connectivity index (χ4v) is 4.74. The number of carbonyl (C=O) groups is 1. The van der Waals surface area contributed by atoms with Crippen LogP contribution in [-0.4, -0.2) is 33.6 Å². The second kappa shape index (κ2) is 9.47. The second-order valence-corrected chi connectivity index (χ2v) is 9.47. The summed E-state index contributed by atoms with van der Waals surface area (Å²) < 4.78 is 1.93. The number of nitrogens with one attached hydrogen (secondary N) is 1. The summed E-state index contributed by atoms with van der Waals surface area (Å²) in [6.07, 6.45) is 1.60. The van der Waals surface area contributed by atoms with Crippen LogP contribution in [0.25, 0.3) is 16.9 Å². The van der Waals surface area contributed by atoms with E-state index in [4.69, 9.17) is 21.7 Å². The van der Waals surface area contributed by atoms with Gasteiger partial charge < -0.3 is 10.2 Å². The summed E-state index contributed by atoms with van der Waals surface area (Å²) in [5.41, 5.74) is 6.02. The average molecular weight is 474 g/mol. The number of halogens is 1. The molecule has 4 aromatic rings. The SMILES string of the molecule is Cc1ccc(-c2cc3nc(C)cc(N4CCC(C(=O)NCc5cccc(Cl)c5)CC4)n3n2)cc1. The number of aryl methyl sites for hydroxylation is 2. The summed E-state index contributed by atoms with van der Waals surface area (Å²) in [5.74, 6) is 1.14. The molecule has 0 unspecified atom stereocenters. The van der Waals surface area contributed by atoms with Gasteiger partial charge in [0.25, 0.3) is 0 Å². The molecule has 3 heterocycles. The summed E-state index contributed by atoms with van der Waals surface area (Å²) in [5, 5.41) is 8.63. The van der Waals surface area contributed by atoms with Crippen LogP contribution in [-0.2, 0) is 11.3 Å². The van der Waals surface area contributed by atoms with Gasteiger partial charge in [-0.1, -0.05) is 53.6 Å². The minimum Gasteiger partial charge on any atom is -0.356 e. The third kappa shape index (κ3) is 4.77. The van der Waals surface area contributed by atoms with E-state index in [9.17, 15) is 4.79 Å². The first-order valence-electron chi connectivity index (χ1n) is 11.7. The fourth-order valence-electron chi connectivity index (χ4n) is 4.52. The predicted molar refractivity (Wildman–Crippen MR) is 136 cm³/mol. The highest BCUT2D eigenvalue weighted by Gasteiger charge is 2.26. The van der Waals surface area contributed by atoms with Gasteiger partial charge in [-0.2, -0.15) is 9.61 Å². The van der Waals surface area contributed by atoms with Crippen molar-refractivity contribution in [3.05, 3.63) is 82.5 Å². The number of piperidine rings is 1. The highest BCUT2D eigenvalue weighted by molar-refractivity contribution is 6.30. The molecule has 34 heavy (non-hydrogen) atoms. The van der Waals surface area contributed by atoms with Crippen LogP contribution < -0.4 is 10.2 Å². The number of aromatic nitrogens is 3. The van der Waals surface area contributed by atoms with E-state index in [1.165, 1.54) is 5.56 Å². The van der Waals surface area contributed by atoms with Crippen LogP contribution >= 0.6 is 11.6 Å². The molecule has 2 aromatic heterocycles. The molecule has 1 saturated heterocycles. The van der Waals surface area contributed by atoms with Crippen molar-refractivity contribution in [1.29, 1.82) is 0 Å². The molecule has 174 valence electrons. The molecule has 0 aliphatic carbocycles. The topological polar surface area (TPSA) is 62.5 Å². The van der Waals surface area contributed by atoms with E-state index in [1.54, 1.807) is 0 Å². The minimum absolute atomic E-state index is 0.00889. The van der Waals surface area contributed by atoms with Crippen molar-refractivity contribution in [2.45, 2.75) is 33.2 Å². The molecule has 1 amide bonds. The minimum atomic E-state index is 0.00889. The summed E-state index contributed by atoms with van der Waals surface area (Å²) in [6, 6.07) is 20.1. The van der Waals surface area contributed by atoms with Gasteiger partial charge in [-0.15, -0.1) is 0 Å². The number of anilines is 1. The van der Waals surface area contributed by atoms with Crippen molar-refractivity contribution in [3.8, 4) is 11.3 Å². The number of fused-ring (bicyclic) bond motifs is 1. The lowest BCUT2D eigenvalue weighted by Gasteiger charge is -2.33. The lowest BCUT2D eigenvalue weighted by Crippen LogP contribution is -2.41. The molecular formula is C27H28ClN5O. The number of nitrogens with zero attached hydrogens (tertiary/aromatic N) is 4. The standard InChI is InChI=1S/C27H28ClN5O/c1-18-6-8-21(9-7-18)24-16-25-30-19(2)14-26(33(25)31-24)32-12-10-22(11-13-32)27(34)29-17-20-4-3-5-23(28)15-20/h3-9,14-16,22H,10-13,17H2,1-2H3,(H,29,34). The number of amides is 1. The Morgan fingerprint density at radius 1 is 1.06 bits per heavy atom. The normalized spacial score (nSPS) is 14.5. The van der Waals surface area contributed by atoms with Gasteiger partial charge in [0, 0.05) is 54.0 Å². The van der Waals surface area contributed by atoms with E-state index in [-0.39, 0.29) is 11.8 Å². The lowest BCUT2D eigenvalue weighted by atomic mass is 9.95. The van der Waals surface area contributed by atoms with Gasteiger partial charge in [-0.05, 0) is 44.4 Å². The van der Waals surface area contributed by atoms with Crippen LogP contribution in [0.3, 0.4) is 0 Å². The maximum atomic E-state index is 12.8. The molecule has 0 radical (unpaired) electrons. The Bertz CT molecular complexity index is 1320. The van der Waals surface area contributed by atoms with Gasteiger partial charge in [0.05, 0.1) is 5.69 Å². The Kier molecular flexibility index (Phi) is 6.24. The smallest absolute Gasteiger partial charge is 0.223 e. The first-order chi connectivity index (χ1) is 16.5. The predicted octanol–water partition coefficient (Wildman–Crippen LogP) is 5.20. The van der Waals surface area contributed by atoms with E-state index in [2.05, 4.69) is 47.5 Å². The van der Waals surface area contributed by atoms with E-state index in [0.29, 0.717) is 11.6 Å². The van der Waals surface area contributed by atoms with Crippen LogP contribution in [0.15, 0.2) is 60.7 Å². The zero-order chi connectivity index (χ0) is 23.7. The first-order valence-corrected chi connectivity index (χ1v) is 12.1. The maximum Gasteiger partial charge on any atom is 0.223 e. The molecule has 1 fully saturated rings. The largest absolute Gasteiger partial charge is 0.356 e. The van der Waals surface area contributed by atoms with Crippen LogP contribution in [0.4, 0.5) is 5.82 Å². The van der Waals surface area contributed by atoms with Crippen molar-refractivity contribution in [2.75, 3.05) is 18.0 Å². The van der Waals surface area contributed by atoms with E-state index in [0.717, 1.165) is 59.9 Å². The molecule has 5 rings (SSSR count). The quantitative estimate of drug-likeness (QED) is 0.432. The van der Waals surface area contributed by atoms with Crippen molar-refractivity contribution in [1.82, 2.24) is 19.9 Å². The Balaban J connectivity index is 1.28. The zero-order valence-electron chi connectivity index (χ0n) is 19.5. The Hall–Kier alpha value is -3.38. The Morgan fingerprint density at radius 3 is 2.56 bits per heavy atom. The fraction of sp³-hybridized carbons (Fsp3) is 0.296. The lowest BCUT2D eigenvalue weighted by molar-refractivity contribution is -0.125. The molecule has 6 nitrogen and oxygen atoms in total. The van der Waals surface area contributed by atoms with Gasteiger partial charge in [-0.25, -0.2) is 4.98 Å². The van der Waals surface area contributed by atoms with Crippen molar-refractivity contribution >= 4 is 29.0 Å². The third-order valence-corrected chi connectivity index (χ3v) is 6.66. The van der Waals surface area contributed by atoms with Gasteiger partial charge in [-0.3, -0.25) is 4.79 Å². The highest BCUT2D eigenvalue weighted by atomic mass is 35.5. The zero-order valence-corrected chi connectivity index (χ0v) is 20.2. The van der Waals surface area contributed by atoms with E-state index < -0.39 is 0 Å². The molecule has 1 aliphatic heterocycles. The molecule has 7 heteroatoms. The summed E-state index contributed by atoms with van der Waals surface area (Å²) in [7, 11) is 0. The highest BCUT2D eigenvalue weighted by Crippen LogP contribution is 2.27. The van der Waals surface area contributed by atoms with Gasteiger partial charge >= 0.3 is 0 Å². The number of rotatable bonds is 5. The number of carbonyl (C=O) groups excluding carboxylic acids is 1. The summed E-state index contributed by atoms with van der Waals surface area (Å²) in [6.45, 7) is 6.19. The van der Waals surface area contributed by atoms with Crippen molar-refractivity contribution < 1.29 is 4.79 Å². The van der Waals surface area contributed by atoms with Crippen LogP contribution in [0.2, 0.25) is 5.02 Å². The van der Waals surface area contributed by atoms with Crippen LogP contribution in [0.1, 0.15) is 29.7 Å². The molecule has 0 atom stereocenters. The molecule has 0 spiro atoms. The number of hydrogen-bond acceptors (Lipinski definition) is 4. The summed E-state index contributed by atoms with van der Waals surface area (Å²) in [4.78, 5) is 19.8. The second-order valence-electron chi connectivity index (χ2n) is 9.03. The maximum absolute atomic E-state index is 12.8. The van der Waals surface area contributed by atoms with Crippen molar-refractivity contribution in [3.63, 3.8) is 0 Å². The molecule has 2 aromatic carbocycles. The van der Waals surface area contributed by atoms with Gasteiger partial charge in [0.2, 0.25) is 5.91 Å². The first kappa shape index (κ1) is 22.4. The molecule has 1 N–H and O–H groups in total. The van der Waals surface area contributed by atoms with E-state index in [1.807, 2.05) is 41.8 Å². The molecular weight excluding hydrogens is 446 g/mol. The third-order valence-electron chi connectivity index (χ3n) is 6.43. The number of hydrogen-bond donors (Lipinski definition) is 1. The monoisotopic (exact) mass is 473 g/mol. The van der Waals surface area contributed by atoms with Gasteiger partial charge in [0.15, 0.2) is 5.65 Å². The molecule has 1 aliphatic rings. The summed E-state index contributed by atoms with van der Waals surface area (Å²) >= 11 is 6.05. The van der Waals surface area contributed by atoms with E-state index >= 15 is 0 Å². The Morgan fingerprint density at radius 2 is 1.82 bits per heavy atom. The van der Waals surface area contributed by atoms with Gasteiger partial charge in [0.1, 0.15) is 5.82 Å². The molecule has 0 bridgehead atoms. The average Bonchev–Trinajstić information content (AvgIpc) is 3.26. The molecule has 0 saturated carbocycles. The van der Waals surface area contributed by atoms with Crippen LogP contribution in [0, 0.1) is 19.8 Å².